The highest BCUT2D eigenvalue weighted by Gasteiger charge is 2.11. The van der Waals surface area contributed by atoms with Gasteiger partial charge in [0.25, 0.3) is 11.8 Å². The van der Waals surface area contributed by atoms with Crippen molar-refractivity contribution >= 4 is 46.6 Å². The monoisotopic (exact) mass is 541 g/mol. The van der Waals surface area contributed by atoms with Crippen LogP contribution in [0.1, 0.15) is 31.8 Å². The molecule has 2 amide bonds. The van der Waals surface area contributed by atoms with Crippen LogP contribution in [0.2, 0.25) is 0 Å². The highest BCUT2D eigenvalue weighted by molar-refractivity contribution is 14.1. The Morgan fingerprint density at radius 3 is 2.28 bits per heavy atom. The summed E-state index contributed by atoms with van der Waals surface area (Å²) in [5, 5.41) is 6.43. The fourth-order valence-corrected chi connectivity index (χ4v) is 3.34. The molecule has 0 fully saturated rings. The molecule has 3 aromatic rings. The highest BCUT2D eigenvalue weighted by Crippen LogP contribution is 2.15. The molecule has 0 atom stereocenters. The minimum Gasteiger partial charge on any atom is -0.423 e. The number of nitrogens with zero attached hydrogens (tertiary/aromatic N) is 1. The summed E-state index contributed by atoms with van der Waals surface area (Å²) in [5.74, 6) is -0.809. The number of carbonyl (C=O) groups is 3. The Labute approximate surface area is 199 Å². The Hall–Kier alpha value is -3.53. The molecule has 0 spiro atoms. The average Bonchev–Trinajstić information content (AvgIpc) is 2.79. The van der Waals surface area contributed by atoms with Crippen LogP contribution >= 0.6 is 22.6 Å². The largest absolute Gasteiger partial charge is 0.423 e. The van der Waals surface area contributed by atoms with Crippen molar-refractivity contribution in [2.45, 2.75) is 6.92 Å². The van der Waals surface area contributed by atoms with Crippen LogP contribution in [-0.4, -0.2) is 30.5 Å². The second kappa shape index (κ2) is 11.2. The number of esters is 1. The van der Waals surface area contributed by atoms with E-state index in [0.717, 1.165) is 9.13 Å². The van der Waals surface area contributed by atoms with Crippen LogP contribution in [0.25, 0.3) is 0 Å². The highest BCUT2D eigenvalue weighted by atomic mass is 127. The van der Waals surface area contributed by atoms with Gasteiger partial charge in [-0.2, -0.15) is 5.10 Å². The molecule has 7 nitrogen and oxygen atoms in total. The van der Waals surface area contributed by atoms with Crippen molar-refractivity contribution < 1.29 is 19.1 Å². The van der Waals surface area contributed by atoms with E-state index in [-0.39, 0.29) is 12.5 Å². The first-order valence-electron chi connectivity index (χ1n) is 9.66. The molecule has 32 heavy (non-hydrogen) atoms. The maximum Gasteiger partial charge on any atom is 0.343 e. The van der Waals surface area contributed by atoms with Crippen molar-refractivity contribution in [2.75, 3.05) is 6.54 Å². The summed E-state index contributed by atoms with van der Waals surface area (Å²) in [6.07, 6.45) is 1.45. The van der Waals surface area contributed by atoms with Crippen molar-refractivity contribution in [2.24, 2.45) is 5.10 Å². The number of amides is 2. The predicted molar refractivity (Wildman–Crippen MR) is 130 cm³/mol. The van der Waals surface area contributed by atoms with E-state index in [1.807, 2.05) is 31.2 Å². The quantitative estimate of drug-likeness (QED) is 0.157. The number of benzene rings is 3. The van der Waals surface area contributed by atoms with E-state index < -0.39 is 11.9 Å². The summed E-state index contributed by atoms with van der Waals surface area (Å²) >= 11 is 2.06. The first kappa shape index (κ1) is 23.1. The first-order chi connectivity index (χ1) is 15.4. The lowest BCUT2D eigenvalue weighted by Gasteiger charge is -2.07. The third-order valence-corrected chi connectivity index (χ3v) is 5.33. The SMILES string of the molecule is Cc1ccccc1C(=O)Oc1ccc(/C=N/NC(=O)CNC(=O)c2ccccc2I)cc1. The summed E-state index contributed by atoms with van der Waals surface area (Å²) in [6.45, 7) is 1.65. The molecule has 3 aromatic carbocycles. The zero-order valence-corrected chi connectivity index (χ0v) is 19.3. The van der Waals surface area contributed by atoms with Crippen LogP contribution in [-0.2, 0) is 4.79 Å². The number of halogens is 1. The lowest BCUT2D eigenvalue weighted by molar-refractivity contribution is -0.120. The van der Waals surface area contributed by atoms with Crippen LogP contribution in [0, 0.1) is 10.5 Å². The van der Waals surface area contributed by atoms with Gasteiger partial charge in [0.15, 0.2) is 0 Å². The molecule has 3 rings (SSSR count). The fraction of sp³-hybridized carbons (Fsp3) is 0.0833. The molecular weight excluding hydrogens is 521 g/mol. The Kier molecular flexibility index (Phi) is 8.09. The fourth-order valence-electron chi connectivity index (χ4n) is 2.71. The number of hydrazone groups is 1. The second-order valence-corrected chi connectivity index (χ2v) is 7.89. The van der Waals surface area contributed by atoms with Crippen molar-refractivity contribution in [1.29, 1.82) is 0 Å². The van der Waals surface area contributed by atoms with Crippen LogP contribution in [0.15, 0.2) is 77.9 Å². The maximum absolute atomic E-state index is 12.3. The molecule has 8 heteroatoms. The van der Waals surface area contributed by atoms with Crippen molar-refractivity contribution in [3.63, 3.8) is 0 Å². The number of nitrogens with one attached hydrogen (secondary N) is 2. The van der Waals surface area contributed by atoms with Crippen LogP contribution in [0.3, 0.4) is 0 Å². The third-order valence-electron chi connectivity index (χ3n) is 4.39. The van der Waals surface area contributed by atoms with Crippen molar-refractivity contribution in [3.05, 3.63) is 98.6 Å². The number of carbonyl (C=O) groups excluding carboxylic acids is 3. The van der Waals surface area contributed by atoms with Crippen molar-refractivity contribution in [1.82, 2.24) is 10.7 Å². The van der Waals surface area contributed by atoms with E-state index in [9.17, 15) is 14.4 Å². The molecule has 2 N–H and O–H groups in total. The van der Waals surface area contributed by atoms with Gasteiger partial charge in [-0.15, -0.1) is 0 Å². The van der Waals surface area contributed by atoms with E-state index in [2.05, 4.69) is 38.4 Å². The van der Waals surface area contributed by atoms with Gasteiger partial charge in [0.2, 0.25) is 0 Å². The molecule has 0 aromatic heterocycles. The zero-order chi connectivity index (χ0) is 22.9. The minimum absolute atomic E-state index is 0.199. The number of rotatable bonds is 7. The normalized spacial score (nSPS) is 10.6. The molecule has 0 aliphatic carbocycles. The number of aryl methyl sites for hydroxylation is 1. The zero-order valence-electron chi connectivity index (χ0n) is 17.2. The Morgan fingerprint density at radius 1 is 0.938 bits per heavy atom. The summed E-state index contributed by atoms with van der Waals surface area (Å²) in [4.78, 5) is 36.3. The number of ether oxygens (including phenoxy) is 1. The van der Waals surface area contributed by atoms with Gasteiger partial charge in [-0.3, -0.25) is 9.59 Å². The lowest BCUT2D eigenvalue weighted by Crippen LogP contribution is -2.35. The van der Waals surface area contributed by atoms with Crippen LogP contribution in [0.5, 0.6) is 5.75 Å². The molecule has 162 valence electrons. The summed E-state index contributed by atoms with van der Waals surface area (Å²) in [7, 11) is 0. The molecule has 0 unspecified atom stereocenters. The van der Waals surface area contributed by atoms with Crippen molar-refractivity contribution in [3.8, 4) is 5.75 Å². The maximum atomic E-state index is 12.3. The molecule has 0 bridgehead atoms. The van der Waals surface area contributed by atoms with E-state index in [0.29, 0.717) is 22.4 Å². The Bertz CT molecular complexity index is 1160. The Morgan fingerprint density at radius 2 is 1.59 bits per heavy atom. The van der Waals surface area contributed by atoms with Gasteiger partial charge in [0.1, 0.15) is 5.75 Å². The third kappa shape index (κ3) is 6.48. The van der Waals surface area contributed by atoms with Gasteiger partial charge in [-0.1, -0.05) is 30.3 Å². The van der Waals surface area contributed by atoms with Gasteiger partial charge in [-0.05, 0) is 83.1 Å². The molecular formula is C24H20IN3O4. The minimum atomic E-state index is -0.454. The van der Waals surface area contributed by atoms with E-state index in [1.165, 1.54) is 6.21 Å². The van der Waals surface area contributed by atoms with Gasteiger partial charge in [0.05, 0.1) is 23.9 Å². The van der Waals surface area contributed by atoms with Gasteiger partial charge in [0, 0.05) is 3.57 Å². The second-order valence-electron chi connectivity index (χ2n) is 6.73. The molecule has 0 saturated heterocycles. The van der Waals surface area contributed by atoms with E-state index >= 15 is 0 Å². The van der Waals surface area contributed by atoms with E-state index in [4.69, 9.17) is 4.74 Å². The topological polar surface area (TPSA) is 96.9 Å². The van der Waals surface area contributed by atoms with Crippen LogP contribution < -0.4 is 15.5 Å². The Balaban J connectivity index is 1.47. The summed E-state index contributed by atoms with van der Waals surface area (Å²) < 4.78 is 6.18. The summed E-state index contributed by atoms with van der Waals surface area (Å²) in [5.41, 5.74) is 4.91. The molecule has 0 heterocycles. The molecule has 0 radical (unpaired) electrons. The molecule has 0 aliphatic heterocycles. The predicted octanol–water partition coefficient (Wildman–Crippen LogP) is 3.70. The summed E-state index contributed by atoms with van der Waals surface area (Å²) in [6, 6.07) is 21.0. The van der Waals surface area contributed by atoms with Gasteiger partial charge < -0.3 is 10.1 Å². The average molecular weight is 541 g/mol. The van der Waals surface area contributed by atoms with Gasteiger partial charge in [-0.25, -0.2) is 10.2 Å². The lowest BCUT2D eigenvalue weighted by atomic mass is 10.1. The van der Waals surface area contributed by atoms with Crippen LogP contribution in [0.4, 0.5) is 0 Å². The number of hydrogen-bond acceptors (Lipinski definition) is 5. The van der Waals surface area contributed by atoms with E-state index in [1.54, 1.807) is 48.5 Å². The smallest absolute Gasteiger partial charge is 0.343 e. The van der Waals surface area contributed by atoms with Gasteiger partial charge >= 0.3 is 5.97 Å². The standard InChI is InChI=1S/C24H20IN3O4/c1-16-6-2-3-7-19(16)24(31)32-18-12-10-17(11-13-18)14-27-28-22(29)15-26-23(30)20-8-4-5-9-21(20)25/h2-14H,15H2,1H3,(H,26,30)(H,28,29)/b27-14+. The first-order valence-corrected chi connectivity index (χ1v) is 10.7. The number of hydrogen-bond donors (Lipinski definition) is 2. The molecule has 0 saturated carbocycles. The molecule has 0 aliphatic rings.